The van der Waals surface area contributed by atoms with Crippen LogP contribution in [0.15, 0.2) is 71.1 Å². The molecule has 0 aromatic carbocycles. The summed E-state index contributed by atoms with van der Waals surface area (Å²) in [4.78, 5) is 9.41. The summed E-state index contributed by atoms with van der Waals surface area (Å²) in [6.45, 7) is 19.8. The highest BCUT2D eigenvalue weighted by molar-refractivity contribution is 8.10. The van der Waals surface area contributed by atoms with Gasteiger partial charge in [0.25, 0.3) is 0 Å². The molecule has 1 aromatic heterocycles. The average molecular weight is 423 g/mol. The minimum absolute atomic E-state index is 0.592. The van der Waals surface area contributed by atoms with Crippen molar-refractivity contribution in [3.63, 3.8) is 0 Å². The molecule has 1 aliphatic rings. The Morgan fingerprint density at radius 1 is 1.17 bits per heavy atom. The van der Waals surface area contributed by atoms with Crippen molar-refractivity contribution in [3.8, 4) is 0 Å². The largest absolute Gasteiger partial charge is 0.261 e. The van der Waals surface area contributed by atoms with Gasteiger partial charge in [0, 0.05) is 17.3 Å². The maximum Gasteiger partial charge on any atom is 0.0945 e. The van der Waals surface area contributed by atoms with E-state index in [1.165, 1.54) is 53.5 Å². The topological polar surface area (TPSA) is 25.8 Å². The monoisotopic (exact) mass is 422 g/mol. The van der Waals surface area contributed by atoms with Crippen LogP contribution in [0.5, 0.6) is 0 Å². The molecule has 0 unspecified atom stereocenters. The van der Waals surface area contributed by atoms with E-state index in [0.29, 0.717) is 5.92 Å². The van der Waals surface area contributed by atoms with Crippen LogP contribution in [0.2, 0.25) is 0 Å². The van der Waals surface area contributed by atoms with Gasteiger partial charge in [-0.2, -0.15) is 0 Å². The fourth-order valence-electron chi connectivity index (χ4n) is 3.96. The molecule has 0 spiro atoms. The van der Waals surface area contributed by atoms with Gasteiger partial charge in [0.1, 0.15) is 0 Å². The predicted molar refractivity (Wildman–Crippen MR) is 134 cm³/mol. The first-order chi connectivity index (χ1) is 14.3. The third kappa shape index (κ3) is 7.75. The fraction of sp³-hybridized carbons (Fsp3) is 0.481. The molecule has 0 radical (unpaired) electrons. The van der Waals surface area contributed by atoms with E-state index in [1.807, 2.05) is 0 Å². The third-order valence-corrected chi connectivity index (χ3v) is 6.57. The Labute approximate surface area is 188 Å². The molecule has 0 N–H and O–H groups in total. The minimum atomic E-state index is 0.592. The first-order valence-corrected chi connectivity index (χ1v) is 12.0. The fourth-order valence-corrected chi connectivity index (χ4v) is 4.66. The number of hydrogen-bond acceptors (Lipinski definition) is 3. The van der Waals surface area contributed by atoms with Crippen molar-refractivity contribution >= 4 is 16.7 Å². The maximum absolute atomic E-state index is 4.49. The number of nitrogens with zero attached hydrogens (tertiary/aromatic N) is 2. The van der Waals surface area contributed by atoms with Crippen LogP contribution in [-0.2, 0) is 0 Å². The third-order valence-electron chi connectivity index (χ3n) is 5.61. The highest BCUT2D eigenvalue weighted by Gasteiger charge is 2.18. The number of hydrogen-bond donors (Lipinski definition) is 0. The Bertz CT molecular complexity index is 818. The Hall–Kier alpha value is -1.87. The molecule has 1 aromatic rings. The van der Waals surface area contributed by atoms with Crippen molar-refractivity contribution in [1.82, 2.24) is 9.97 Å². The SMILES string of the molecule is C=C(CC1CCCC1)C(/C=C(CC(C)C)/C(C)=C/SC(=C)c1cnccn1)=C(C)C. The zero-order valence-electron chi connectivity index (χ0n) is 19.5. The smallest absolute Gasteiger partial charge is 0.0945 e. The van der Waals surface area contributed by atoms with Gasteiger partial charge in [0.15, 0.2) is 0 Å². The lowest BCUT2D eigenvalue weighted by molar-refractivity contribution is 0.547. The van der Waals surface area contributed by atoms with Crippen molar-refractivity contribution in [3.05, 3.63) is 76.8 Å². The molecule has 0 atom stereocenters. The molecule has 1 aliphatic carbocycles. The van der Waals surface area contributed by atoms with Gasteiger partial charge in [-0.25, -0.2) is 0 Å². The molecule has 1 saturated carbocycles. The molecule has 30 heavy (non-hydrogen) atoms. The van der Waals surface area contributed by atoms with Crippen LogP contribution in [0.1, 0.15) is 78.8 Å². The first-order valence-electron chi connectivity index (χ1n) is 11.1. The van der Waals surface area contributed by atoms with Gasteiger partial charge in [0.2, 0.25) is 0 Å². The Balaban J connectivity index is 2.22. The summed E-state index contributed by atoms with van der Waals surface area (Å²) in [5.74, 6) is 1.41. The molecular formula is C27H38N2S. The van der Waals surface area contributed by atoms with Gasteiger partial charge >= 0.3 is 0 Å². The Morgan fingerprint density at radius 2 is 1.87 bits per heavy atom. The second kappa shape index (κ2) is 12.1. The summed E-state index contributed by atoms with van der Waals surface area (Å²) >= 11 is 1.62. The van der Waals surface area contributed by atoms with Crippen LogP contribution in [-0.4, -0.2) is 9.97 Å². The van der Waals surface area contributed by atoms with E-state index in [1.54, 1.807) is 30.4 Å². The Morgan fingerprint density at radius 3 is 2.43 bits per heavy atom. The van der Waals surface area contributed by atoms with E-state index in [-0.39, 0.29) is 0 Å². The van der Waals surface area contributed by atoms with E-state index in [9.17, 15) is 0 Å². The van der Waals surface area contributed by atoms with Crippen molar-refractivity contribution in [2.75, 3.05) is 0 Å². The summed E-state index contributed by atoms with van der Waals surface area (Å²) in [5, 5.41) is 2.20. The van der Waals surface area contributed by atoms with Crippen LogP contribution in [0.4, 0.5) is 0 Å². The van der Waals surface area contributed by atoms with E-state index in [2.05, 4.69) is 69.2 Å². The molecule has 2 rings (SSSR count). The van der Waals surface area contributed by atoms with Gasteiger partial charge in [-0.15, -0.1) is 0 Å². The van der Waals surface area contributed by atoms with E-state index in [0.717, 1.165) is 29.4 Å². The van der Waals surface area contributed by atoms with Gasteiger partial charge in [-0.3, -0.25) is 9.97 Å². The normalized spacial score (nSPS) is 15.5. The van der Waals surface area contributed by atoms with Crippen LogP contribution in [0.3, 0.4) is 0 Å². The van der Waals surface area contributed by atoms with Crippen molar-refractivity contribution in [2.45, 2.75) is 73.1 Å². The zero-order chi connectivity index (χ0) is 22.1. The van der Waals surface area contributed by atoms with Gasteiger partial charge < -0.3 is 0 Å². The van der Waals surface area contributed by atoms with E-state index >= 15 is 0 Å². The van der Waals surface area contributed by atoms with Crippen LogP contribution in [0.25, 0.3) is 4.91 Å². The molecule has 0 bridgehead atoms. The Kier molecular flexibility index (Phi) is 9.84. The molecule has 1 heterocycles. The number of allylic oxidation sites excluding steroid dienone is 6. The average Bonchev–Trinajstić information content (AvgIpc) is 3.21. The molecule has 3 heteroatoms. The minimum Gasteiger partial charge on any atom is -0.261 e. The summed E-state index contributed by atoms with van der Waals surface area (Å²) in [6.07, 6.45) is 15.2. The van der Waals surface area contributed by atoms with Gasteiger partial charge in [-0.05, 0) is 73.1 Å². The van der Waals surface area contributed by atoms with Crippen molar-refractivity contribution in [1.29, 1.82) is 0 Å². The molecule has 0 amide bonds. The summed E-state index contributed by atoms with van der Waals surface area (Å²) in [6, 6.07) is 0. The second-order valence-corrected chi connectivity index (χ2v) is 10.0. The van der Waals surface area contributed by atoms with E-state index in [4.69, 9.17) is 0 Å². The lowest BCUT2D eigenvalue weighted by atomic mass is 9.88. The lowest BCUT2D eigenvalue weighted by Gasteiger charge is -2.18. The molecule has 162 valence electrons. The van der Waals surface area contributed by atoms with Crippen molar-refractivity contribution < 1.29 is 0 Å². The summed E-state index contributed by atoms with van der Waals surface area (Å²) in [5.41, 5.74) is 7.48. The standard InChI is InChI=1S/C27H38N2S/c1-19(2)14-25(22(6)18-30-23(7)27-17-28-12-13-29-27)16-26(20(3)4)21(5)15-24-10-8-9-11-24/h12-13,16-19,24H,5,7-11,14-15H2,1-4,6H3/b22-18+,25-16+. The lowest BCUT2D eigenvalue weighted by Crippen LogP contribution is -2.00. The maximum atomic E-state index is 4.49. The molecule has 2 nitrogen and oxygen atoms in total. The van der Waals surface area contributed by atoms with E-state index < -0.39 is 0 Å². The quantitative estimate of drug-likeness (QED) is 0.353. The predicted octanol–water partition coefficient (Wildman–Crippen LogP) is 8.53. The van der Waals surface area contributed by atoms with Gasteiger partial charge in [0.05, 0.1) is 11.9 Å². The molecule has 0 aliphatic heterocycles. The molecule has 0 saturated heterocycles. The zero-order valence-corrected chi connectivity index (χ0v) is 20.3. The molecule has 1 fully saturated rings. The highest BCUT2D eigenvalue weighted by Crippen LogP contribution is 2.35. The van der Waals surface area contributed by atoms with Crippen LogP contribution >= 0.6 is 11.8 Å². The number of aromatic nitrogens is 2. The molecular weight excluding hydrogens is 384 g/mol. The number of thioether (sulfide) groups is 1. The summed E-state index contributed by atoms with van der Waals surface area (Å²) < 4.78 is 0. The summed E-state index contributed by atoms with van der Waals surface area (Å²) in [7, 11) is 0. The van der Waals surface area contributed by atoms with Crippen molar-refractivity contribution in [2.24, 2.45) is 11.8 Å². The second-order valence-electron chi connectivity index (χ2n) is 9.07. The highest BCUT2D eigenvalue weighted by atomic mass is 32.2. The van der Waals surface area contributed by atoms with Crippen LogP contribution < -0.4 is 0 Å². The number of rotatable bonds is 10. The van der Waals surface area contributed by atoms with Gasteiger partial charge in [-0.1, -0.05) is 76.1 Å². The van der Waals surface area contributed by atoms with Crippen LogP contribution in [0, 0.1) is 11.8 Å². The first kappa shape index (κ1) is 24.4.